The smallest absolute Gasteiger partial charge is 0.143 e. The minimum absolute atomic E-state index is 0.804. The Labute approximate surface area is 144 Å². The highest BCUT2D eigenvalue weighted by Crippen LogP contribution is 2.18. The van der Waals surface area contributed by atoms with Gasteiger partial charge in [-0.3, -0.25) is 4.79 Å². The summed E-state index contributed by atoms with van der Waals surface area (Å²) >= 11 is 0. The molecule has 2 aromatic carbocycles. The van der Waals surface area contributed by atoms with E-state index in [1.807, 2.05) is 37.3 Å². The molecule has 0 spiro atoms. The predicted octanol–water partition coefficient (Wildman–Crippen LogP) is 5.79. The number of allylic oxidation sites excluding steroid dienone is 7. The molecule has 0 heterocycles. The third-order valence-electron chi connectivity index (χ3n) is 3.61. The molecule has 1 nitrogen and oxygen atoms in total. The van der Waals surface area contributed by atoms with Gasteiger partial charge in [-0.15, -0.1) is 0 Å². The van der Waals surface area contributed by atoms with E-state index in [0.29, 0.717) is 0 Å². The molecule has 0 saturated heterocycles. The van der Waals surface area contributed by atoms with E-state index in [9.17, 15) is 4.79 Å². The van der Waals surface area contributed by atoms with Gasteiger partial charge in [-0.1, -0.05) is 90.5 Å². The first-order valence-corrected chi connectivity index (χ1v) is 7.99. The van der Waals surface area contributed by atoms with E-state index in [1.54, 1.807) is 6.08 Å². The fourth-order valence-corrected chi connectivity index (χ4v) is 2.21. The van der Waals surface area contributed by atoms with Gasteiger partial charge in [-0.2, -0.15) is 0 Å². The highest BCUT2D eigenvalue weighted by Gasteiger charge is 1.96. The van der Waals surface area contributed by atoms with Crippen molar-refractivity contribution < 1.29 is 4.79 Å². The zero-order valence-corrected chi connectivity index (χ0v) is 14.1. The highest BCUT2D eigenvalue weighted by molar-refractivity contribution is 5.80. The van der Waals surface area contributed by atoms with Crippen molar-refractivity contribution in [3.8, 4) is 0 Å². The van der Waals surface area contributed by atoms with Gasteiger partial charge >= 0.3 is 0 Å². The molecule has 2 rings (SSSR count). The maximum Gasteiger partial charge on any atom is 0.143 e. The molecule has 0 bridgehead atoms. The molecule has 0 unspecified atom stereocenters. The van der Waals surface area contributed by atoms with Crippen LogP contribution in [0.15, 0.2) is 90.6 Å². The van der Waals surface area contributed by atoms with Gasteiger partial charge in [0, 0.05) is 0 Å². The Morgan fingerprint density at radius 1 is 0.875 bits per heavy atom. The van der Waals surface area contributed by atoms with Crippen LogP contribution in [-0.2, 0) is 4.79 Å². The highest BCUT2D eigenvalue weighted by atomic mass is 16.1. The molecule has 0 aliphatic carbocycles. The predicted molar refractivity (Wildman–Crippen MR) is 104 cm³/mol. The third-order valence-corrected chi connectivity index (χ3v) is 3.61. The standard InChI is InChI=1S/C23H22O/c1-19(17-18-24)7-6-10-23(22-8-4-3-5-9-22)16-15-21-13-11-20(2)12-14-21/h3-18H,1-2H3/b7-6+,16-15+,19-17+,23-10-. The lowest BCUT2D eigenvalue weighted by molar-refractivity contribution is -0.104. The van der Waals surface area contributed by atoms with E-state index >= 15 is 0 Å². The molecule has 120 valence electrons. The van der Waals surface area contributed by atoms with Crippen LogP contribution in [0.25, 0.3) is 11.6 Å². The second kappa shape index (κ2) is 9.26. The van der Waals surface area contributed by atoms with Crippen LogP contribution in [0.5, 0.6) is 0 Å². The number of benzene rings is 2. The van der Waals surface area contributed by atoms with E-state index < -0.39 is 0 Å². The molecule has 1 heteroatoms. The van der Waals surface area contributed by atoms with Gasteiger partial charge in [0.2, 0.25) is 0 Å². The normalized spacial score (nSPS) is 12.9. The van der Waals surface area contributed by atoms with Crippen molar-refractivity contribution in [2.24, 2.45) is 0 Å². The Hall–Kier alpha value is -2.93. The lowest BCUT2D eigenvalue weighted by atomic mass is 10.0. The van der Waals surface area contributed by atoms with E-state index in [-0.39, 0.29) is 0 Å². The number of aryl methyl sites for hydroxylation is 1. The summed E-state index contributed by atoms with van der Waals surface area (Å²) in [5.74, 6) is 0. The second-order valence-electron chi connectivity index (χ2n) is 5.64. The van der Waals surface area contributed by atoms with Crippen molar-refractivity contribution in [2.75, 3.05) is 0 Å². The number of rotatable bonds is 6. The summed E-state index contributed by atoms with van der Waals surface area (Å²) in [7, 11) is 0. The summed E-state index contributed by atoms with van der Waals surface area (Å²) in [6.07, 6.45) is 12.5. The Bertz CT molecular complexity index is 773. The quantitative estimate of drug-likeness (QED) is 0.374. The summed E-state index contributed by atoms with van der Waals surface area (Å²) in [4.78, 5) is 10.5. The molecule has 0 N–H and O–H groups in total. The Balaban J connectivity index is 2.28. The molecule has 0 aromatic heterocycles. The molecule has 0 radical (unpaired) electrons. The number of aldehydes is 1. The van der Waals surface area contributed by atoms with Gasteiger partial charge in [0.15, 0.2) is 0 Å². The lowest BCUT2D eigenvalue weighted by Gasteiger charge is -2.02. The third kappa shape index (κ3) is 5.69. The van der Waals surface area contributed by atoms with Crippen molar-refractivity contribution in [1.82, 2.24) is 0 Å². The second-order valence-corrected chi connectivity index (χ2v) is 5.64. The zero-order chi connectivity index (χ0) is 17.2. The summed E-state index contributed by atoms with van der Waals surface area (Å²) in [5, 5.41) is 0. The maximum atomic E-state index is 10.5. The van der Waals surface area contributed by atoms with Crippen LogP contribution in [0, 0.1) is 6.92 Å². The molecule has 0 amide bonds. The van der Waals surface area contributed by atoms with Gasteiger partial charge in [0.1, 0.15) is 6.29 Å². The van der Waals surface area contributed by atoms with Crippen LogP contribution >= 0.6 is 0 Å². The molecule has 0 atom stereocenters. The molecule has 24 heavy (non-hydrogen) atoms. The summed E-state index contributed by atoms with van der Waals surface area (Å²) in [5.41, 5.74) is 5.62. The average molecular weight is 314 g/mol. The lowest BCUT2D eigenvalue weighted by Crippen LogP contribution is -1.80. The summed E-state index contributed by atoms with van der Waals surface area (Å²) in [6, 6.07) is 18.7. The summed E-state index contributed by atoms with van der Waals surface area (Å²) < 4.78 is 0. The zero-order valence-electron chi connectivity index (χ0n) is 14.1. The van der Waals surface area contributed by atoms with Gasteiger partial charge < -0.3 is 0 Å². The SMILES string of the molecule is CC(/C=C/C=C(/C=C/c1ccc(C)cc1)c1ccccc1)=C\C=O. The minimum Gasteiger partial charge on any atom is -0.299 e. The van der Waals surface area contributed by atoms with Gasteiger partial charge in [-0.05, 0) is 42.2 Å². The van der Waals surface area contributed by atoms with Crippen LogP contribution in [0.4, 0.5) is 0 Å². The van der Waals surface area contributed by atoms with Crippen LogP contribution in [-0.4, -0.2) is 6.29 Å². The van der Waals surface area contributed by atoms with E-state index in [2.05, 4.69) is 61.5 Å². The summed E-state index contributed by atoms with van der Waals surface area (Å²) in [6.45, 7) is 3.99. The van der Waals surface area contributed by atoms with E-state index in [1.165, 1.54) is 11.1 Å². The van der Waals surface area contributed by atoms with Crippen LogP contribution in [0.2, 0.25) is 0 Å². The number of hydrogen-bond acceptors (Lipinski definition) is 1. The van der Waals surface area contributed by atoms with Crippen molar-refractivity contribution in [2.45, 2.75) is 13.8 Å². The van der Waals surface area contributed by atoms with Crippen molar-refractivity contribution in [3.63, 3.8) is 0 Å². The molecule has 0 saturated carbocycles. The molecule has 0 aliphatic heterocycles. The van der Waals surface area contributed by atoms with Gasteiger partial charge in [-0.25, -0.2) is 0 Å². The fourth-order valence-electron chi connectivity index (χ4n) is 2.21. The maximum absolute atomic E-state index is 10.5. The molecular weight excluding hydrogens is 292 g/mol. The fraction of sp³-hybridized carbons (Fsp3) is 0.0870. The van der Waals surface area contributed by atoms with Crippen LogP contribution < -0.4 is 0 Å². The first kappa shape index (κ1) is 17.4. The van der Waals surface area contributed by atoms with Crippen LogP contribution in [0.1, 0.15) is 23.6 Å². The molecule has 0 fully saturated rings. The molecule has 0 aliphatic rings. The Morgan fingerprint density at radius 3 is 2.25 bits per heavy atom. The first-order chi connectivity index (χ1) is 11.7. The minimum atomic E-state index is 0.804. The number of hydrogen-bond donors (Lipinski definition) is 0. The monoisotopic (exact) mass is 314 g/mol. The van der Waals surface area contributed by atoms with Gasteiger partial charge in [0.25, 0.3) is 0 Å². The first-order valence-electron chi connectivity index (χ1n) is 7.99. The molecule has 2 aromatic rings. The topological polar surface area (TPSA) is 17.1 Å². The number of carbonyl (C=O) groups excluding carboxylic acids is 1. The van der Waals surface area contributed by atoms with E-state index in [0.717, 1.165) is 23.0 Å². The Kier molecular flexibility index (Phi) is 6.73. The molecular formula is C23H22O. The van der Waals surface area contributed by atoms with Crippen molar-refractivity contribution in [1.29, 1.82) is 0 Å². The van der Waals surface area contributed by atoms with E-state index in [4.69, 9.17) is 0 Å². The van der Waals surface area contributed by atoms with Gasteiger partial charge in [0.05, 0.1) is 0 Å². The average Bonchev–Trinajstić information content (AvgIpc) is 2.60. The number of carbonyl (C=O) groups is 1. The largest absolute Gasteiger partial charge is 0.299 e. The Morgan fingerprint density at radius 2 is 1.58 bits per heavy atom. The van der Waals surface area contributed by atoms with Crippen molar-refractivity contribution >= 4 is 17.9 Å². The van der Waals surface area contributed by atoms with Crippen molar-refractivity contribution in [3.05, 3.63) is 107 Å². The van der Waals surface area contributed by atoms with Crippen LogP contribution in [0.3, 0.4) is 0 Å².